The number of ether oxygens (including phenoxy) is 1. The Hall–Kier alpha value is -3.37. The van der Waals surface area contributed by atoms with Crippen LogP contribution in [0.3, 0.4) is 0 Å². The molecule has 0 aliphatic heterocycles. The second-order valence-electron chi connectivity index (χ2n) is 7.02. The Morgan fingerprint density at radius 1 is 1.00 bits per heavy atom. The van der Waals surface area contributed by atoms with Gasteiger partial charge in [-0.25, -0.2) is 4.98 Å². The molecule has 30 heavy (non-hydrogen) atoms. The molecule has 0 aliphatic rings. The molecule has 4 aromatic rings. The van der Waals surface area contributed by atoms with E-state index in [-0.39, 0.29) is 5.91 Å². The first-order valence-electron chi connectivity index (χ1n) is 9.63. The number of pyridine rings is 1. The Bertz CT molecular complexity index is 1200. The lowest BCUT2D eigenvalue weighted by Gasteiger charge is -2.15. The van der Waals surface area contributed by atoms with Crippen molar-refractivity contribution in [2.24, 2.45) is 0 Å². The summed E-state index contributed by atoms with van der Waals surface area (Å²) in [6.07, 6.45) is 0. The smallest absolute Gasteiger partial charge is 0.252 e. The van der Waals surface area contributed by atoms with Crippen LogP contribution in [0, 0.1) is 6.92 Å². The first kappa shape index (κ1) is 19.9. The Morgan fingerprint density at radius 2 is 1.70 bits per heavy atom. The molecule has 1 heterocycles. The van der Waals surface area contributed by atoms with Gasteiger partial charge in [-0.2, -0.15) is 0 Å². The Balaban J connectivity index is 1.74. The first-order valence-corrected chi connectivity index (χ1v) is 10.0. The number of halogens is 1. The summed E-state index contributed by atoms with van der Waals surface area (Å²) in [7, 11) is 1.64. The predicted molar refractivity (Wildman–Crippen MR) is 121 cm³/mol. The van der Waals surface area contributed by atoms with Gasteiger partial charge in [-0.1, -0.05) is 41.9 Å². The van der Waals surface area contributed by atoms with E-state index in [0.717, 1.165) is 39.0 Å². The van der Waals surface area contributed by atoms with Gasteiger partial charge in [0, 0.05) is 22.5 Å². The van der Waals surface area contributed by atoms with Crippen molar-refractivity contribution < 1.29 is 9.53 Å². The minimum absolute atomic E-state index is 0.129. The summed E-state index contributed by atoms with van der Waals surface area (Å²) in [4.78, 5) is 18.1. The van der Waals surface area contributed by atoms with E-state index in [1.807, 2.05) is 79.7 Å². The number of para-hydroxylation sites is 1. The highest BCUT2D eigenvalue weighted by Crippen LogP contribution is 2.30. The standard InChI is InChI=1S/C25H21ClN2O2/c1-16-23(25(29)27-15-17-7-11-19(26)12-8-17)21-5-3-4-6-22(21)28-24(16)18-9-13-20(30-2)14-10-18/h3-14H,15H2,1-2H3,(H,27,29). The van der Waals surface area contributed by atoms with E-state index in [0.29, 0.717) is 17.1 Å². The van der Waals surface area contributed by atoms with Gasteiger partial charge in [-0.15, -0.1) is 0 Å². The number of aromatic nitrogens is 1. The zero-order valence-electron chi connectivity index (χ0n) is 16.8. The lowest BCUT2D eigenvalue weighted by Crippen LogP contribution is -2.24. The van der Waals surface area contributed by atoms with E-state index in [9.17, 15) is 4.79 Å². The number of fused-ring (bicyclic) bond motifs is 1. The number of nitrogens with zero attached hydrogens (tertiary/aromatic N) is 1. The van der Waals surface area contributed by atoms with Gasteiger partial charge in [0.2, 0.25) is 0 Å². The normalized spacial score (nSPS) is 10.8. The molecule has 4 nitrogen and oxygen atoms in total. The van der Waals surface area contributed by atoms with Gasteiger partial charge >= 0.3 is 0 Å². The van der Waals surface area contributed by atoms with E-state index in [1.54, 1.807) is 7.11 Å². The van der Waals surface area contributed by atoms with Crippen LogP contribution in [0.5, 0.6) is 5.75 Å². The fourth-order valence-electron chi connectivity index (χ4n) is 3.50. The molecule has 150 valence electrons. The van der Waals surface area contributed by atoms with Crippen LogP contribution >= 0.6 is 11.6 Å². The number of amides is 1. The minimum Gasteiger partial charge on any atom is -0.497 e. The van der Waals surface area contributed by atoms with Crippen molar-refractivity contribution in [3.05, 3.63) is 94.5 Å². The summed E-state index contributed by atoms with van der Waals surface area (Å²) < 4.78 is 5.26. The first-order chi connectivity index (χ1) is 14.6. The SMILES string of the molecule is COc1ccc(-c2nc3ccccc3c(C(=O)NCc3ccc(Cl)cc3)c2C)cc1. The van der Waals surface area contributed by atoms with Gasteiger partial charge in [0.15, 0.2) is 0 Å². The van der Waals surface area contributed by atoms with Crippen molar-refractivity contribution in [2.45, 2.75) is 13.5 Å². The van der Waals surface area contributed by atoms with Gasteiger partial charge in [-0.05, 0) is 60.5 Å². The molecule has 0 saturated carbocycles. The number of benzene rings is 3. The van der Waals surface area contributed by atoms with Gasteiger partial charge in [0.1, 0.15) is 5.75 Å². The lowest BCUT2D eigenvalue weighted by atomic mass is 9.97. The van der Waals surface area contributed by atoms with E-state index >= 15 is 0 Å². The molecule has 0 fully saturated rings. The fraction of sp³-hybridized carbons (Fsp3) is 0.120. The second-order valence-corrected chi connectivity index (χ2v) is 7.45. The number of carbonyl (C=O) groups is 1. The molecule has 0 unspecified atom stereocenters. The monoisotopic (exact) mass is 416 g/mol. The Kier molecular flexibility index (Phi) is 5.68. The fourth-order valence-corrected chi connectivity index (χ4v) is 3.63. The molecular weight excluding hydrogens is 396 g/mol. The highest BCUT2D eigenvalue weighted by molar-refractivity contribution is 6.30. The quantitative estimate of drug-likeness (QED) is 0.447. The number of rotatable bonds is 5. The maximum atomic E-state index is 13.2. The average Bonchev–Trinajstić information content (AvgIpc) is 2.78. The second kappa shape index (κ2) is 8.56. The zero-order valence-corrected chi connectivity index (χ0v) is 17.5. The minimum atomic E-state index is -0.129. The van der Waals surface area contributed by atoms with Gasteiger partial charge in [0.05, 0.1) is 23.9 Å². The molecule has 1 N–H and O–H groups in total. The van der Waals surface area contributed by atoms with Crippen LogP contribution in [0.15, 0.2) is 72.8 Å². The van der Waals surface area contributed by atoms with Crippen LogP contribution in [0.25, 0.3) is 22.2 Å². The molecular formula is C25H21ClN2O2. The van der Waals surface area contributed by atoms with Crippen molar-refractivity contribution in [1.29, 1.82) is 0 Å². The third kappa shape index (κ3) is 4.00. The van der Waals surface area contributed by atoms with E-state index in [1.165, 1.54) is 0 Å². The Labute approximate surface area is 180 Å². The van der Waals surface area contributed by atoms with Crippen LogP contribution in [-0.4, -0.2) is 18.0 Å². The largest absolute Gasteiger partial charge is 0.497 e. The molecule has 0 aliphatic carbocycles. The van der Waals surface area contributed by atoms with Gasteiger partial charge < -0.3 is 10.1 Å². The van der Waals surface area contributed by atoms with E-state index < -0.39 is 0 Å². The predicted octanol–water partition coefficient (Wildman–Crippen LogP) is 5.80. The lowest BCUT2D eigenvalue weighted by molar-refractivity contribution is 0.0952. The number of carbonyl (C=O) groups excluding carboxylic acids is 1. The van der Waals surface area contributed by atoms with Gasteiger partial charge in [0.25, 0.3) is 5.91 Å². The molecule has 0 atom stereocenters. The maximum Gasteiger partial charge on any atom is 0.252 e. The van der Waals surface area contributed by atoms with Crippen LogP contribution in [-0.2, 0) is 6.54 Å². The summed E-state index contributed by atoms with van der Waals surface area (Å²) in [6.45, 7) is 2.36. The van der Waals surface area contributed by atoms with Crippen molar-refractivity contribution in [3.63, 3.8) is 0 Å². The third-order valence-electron chi connectivity index (χ3n) is 5.09. The Morgan fingerprint density at radius 3 is 2.40 bits per heavy atom. The zero-order chi connectivity index (χ0) is 21.1. The van der Waals surface area contributed by atoms with Crippen LogP contribution < -0.4 is 10.1 Å². The summed E-state index contributed by atoms with van der Waals surface area (Å²) in [6, 6.07) is 22.9. The summed E-state index contributed by atoms with van der Waals surface area (Å²) in [5.74, 6) is 0.647. The van der Waals surface area contributed by atoms with Crippen molar-refractivity contribution in [2.75, 3.05) is 7.11 Å². The third-order valence-corrected chi connectivity index (χ3v) is 5.34. The molecule has 0 radical (unpaired) electrons. The molecule has 1 aromatic heterocycles. The maximum absolute atomic E-state index is 13.2. The number of hydrogen-bond acceptors (Lipinski definition) is 3. The molecule has 4 rings (SSSR count). The van der Waals surface area contributed by atoms with Crippen LogP contribution in [0.1, 0.15) is 21.5 Å². The molecule has 3 aromatic carbocycles. The topological polar surface area (TPSA) is 51.2 Å². The summed E-state index contributed by atoms with van der Waals surface area (Å²) in [5.41, 5.74) is 4.97. The van der Waals surface area contributed by atoms with Crippen molar-refractivity contribution in [3.8, 4) is 17.0 Å². The highest BCUT2D eigenvalue weighted by atomic mass is 35.5. The summed E-state index contributed by atoms with van der Waals surface area (Å²) >= 11 is 5.95. The van der Waals surface area contributed by atoms with Crippen LogP contribution in [0.2, 0.25) is 5.02 Å². The number of methoxy groups -OCH3 is 1. The molecule has 0 bridgehead atoms. The van der Waals surface area contributed by atoms with Gasteiger partial charge in [-0.3, -0.25) is 4.79 Å². The molecule has 5 heteroatoms. The average molecular weight is 417 g/mol. The summed E-state index contributed by atoms with van der Waals surface area (Å²) in [5, 5.41) is 4.54. The molecule has 0 saturated heterocycles. The number of hydrogen-bond donors (Lipinski definition) is 1. The van der Waals surface area contributed by atoms with Crippen molar-refractivity contribution in [1.82, 2.24) is 10.3 Å². The molecule has 1 amide bonds. The van der Waals surface area contributed by atoms with E-state index in [2.05, 4.69) is 5.32 Å². The molecule has 0 spiro atoms. The number of nitrogens with one attached hydrogen (secondary N) is 1. The van der Waals surface area contributed by atoms with Crippen LogP contribution in [0.4, 0.5) is 0 Å². The van der Waals surface area contributed by atoms with E-state index in [4.69, 9.17) is 21.3 Å². The highest BCUT2D eigenvalue weighted by Gasteiger charge is 2.18. The van der Waals surface area contributed by atoms with Crippen molar-refractivity contribution >= 4 is 28.4 Å².